The van der Waals surface area contributed by atoms with Crippen molar-refractivity contribution >= 4 is 54.6 Å². The molecule has 0 aromatic heterocycles. The first-order valence-electron chi connectivity index (χ1n) is 1.68. The number of hydrogen-bond acceptors (Lipinski definition) is 5. The third kappa shape index (κ3) is 499. The van der Waals surface area contributed by atoms with Crippen LogP contribution in [0.1, 0.15) is 2.85 Å². The molecule has 0 rings (SSSR count). The number of rotatable bonds is 0. The van der Waals surface area contributed by atoms with Crippen LogP contribution >= 0.6 is 7.82 Å². The van der Waals surface area contributed by atoms with E-state index in [4.69, 9.17) is 38.4 Å². The molecule has 11 heavy (non-hydrogen) atoms. The van der Waals surface area contributed by atoms with Gasteiger partial charge in [-0.05, 0) is 0 Å². The summed E-state index contributed by atoms with van der Waals surface area (Å²) in [5, 5.41) is 0. The molecule has 0 aromatic rings. The smallest absolute Gasteiger partial charge is 1.00 e. The monoisotopic (exact) mass is 236 g/mol. The molecule has 0 atom stereocenters. The van der Waals surface area contributed by atoms with Crippen LogP contribution in [0.5, 0.6) is 0 Å². The molecule has 68 valence electrons. The molecule has 0 aliphatic rings. The molecular weight excluding hydrogens is 227 g/mol. The Hall–Kier alpha value is 1.43. The van der Waals surface area contributed by atoms with Gasteiger partial charge < -0.3 is 36.7 Å². The van der Waals surface area contributed by atoms with Gasteiger partial charge in [0, 0.05) is 0 Å². The summed E-state index contributed by atoms with van der Waals surface area (Å²) < 4.78 is 8.88. The molecule has 0 aliphatic carbocycles. The Bertz CT molecular complexity index is 114. The molecule has 0 heterocycles. The summed E-state index contributed by atoms with van der Waals surface area (Å²) in [4.78, 5) is 50.9. The van der Waals surface area contributed by atoms with Crippen LogP contribution < -0.4 is 0 Å². The van der Waals surface area contributed by atoms with Gasteiger partial charge in [0.25, 0.3) is 0 Å². The van der Waals surface area contributed by atoms with Crippen molar-refractivity contribution in [1.29, 1.82) is 0 Å². The second kappa shape index (κ2) is 6.89. The third-order valence-corrected chi connectivity index (χ3v) is 0. The molecule has 0 saturated carbocycles. The second-order valence-electron chi connectivity index (χ2n) is 1.11. The van der Waals surface area contributed by atoms with E-state index in [0.29, 0.717) is 0 Å². The molecule has 0 radical (unpaired) electrons. The minimum atomic E-state index is -4.64. The molecule has 0 fully saturated rings. The summed E-state index contributed by atoms with van der Waals surface area (Å²) >= 11 is 0. The number of hydrogen-bond donors (Lipinski definition) is 7. The molecule has 0 spiro atoms. The zero-order chi connectivity index (χ0) is 9.00. The molecule has 11 heteroatoms. The van der Waals surface area contributed by atoms with Crippen LogP contribution in [-0.2, 0) is 4.57 Å². The van der Waals surface area contributed by atoms with Crippen LogP contribution in [0.3, 0.4) is 0 Å². The normalized spacial score (nSPS) is 10.8. The van der Waals surface area contributed by atoms with Crippen molar-refractivity contribution in [3.63, 3.8) is 0 Å². The van der Waals surface area contributed by atoms with E-state index in [2.05, 4.69) is 0 Å². The first-order chi connectivity index (χ1) is 4.00. The SMILES string of the molecule is O=P(O)(O)O.O[Si](O)(O)O.[Ca+2].[H-].[H-]. The van der Waals surface area contributed by atoms with Gasteiger partial charge in [-0.2, -0.15) is 0 Å². The Labute approximate surface area is 95.4 Å². The Morgan fingerprint density at radius 3 is 1.00 bits per heavy atom. The van der Waals surface area contributed by atoms with Crippen LogP contribution in [0.25, 0.3) is 0 Å². The van der Waals surface area contributed by atoms with Crippen molar-refractivity contribution in [1.82, 2.24) is 0 Å². The van der Waals surface area contributed by atoms with E-state index < -0.39 is 16.9 Å². The maximum absolute atomic E-state index is 8.88. The van der Waals surface area contributed by atoms with E-state index in [1.165, 1.54) is 0 Å². The van der Waals surface area contributed by atoms with Crippen LogP contribution in [0.15, 0.2) is 0 Å². The predicted octanol–water partition coefficient (Wildman–Crippen LogP) is -3.69. The molecule has 0 unspecified atom stereocenters. The summed E-state index contributed by atoms with van der Waals surface area (Å²) in [5.74, 6) is 0. The summed E-state index contributed by atoms with van der Waals surface area (Å²) in [6.45, 7) is 0. The molecule has 0 bridgehead atoms. The van der Waals surface area contributed by atoms with E-state index in [1.807, 2.05) is 0 Å². The van der Waals surface area contributed by atoms with E-state index in [9.17, 15) is 0 Å². The summed E-state index contributed by atoms with van der Waals surface area (Å²) in [7, 11) is -9.25. The first-order valence-corrected chi connectivity index (χ1v) is 5.03. The Morgan fingerprint density at radius 2 is 1.00 bits per heavy atom. The van der Waals surface area contributed by atoms with Gasteiger partial charge in [-0.1, -0.05) is 0 Å². The standard InChI is InChI=1S/Ca.H3O4P.H4O4Si.2H/c;2*1-5(2,3)4;;/h;(H3,1,2,3,4);1-4H;;/q+2;;;2*-1. The zero-order valence-corrected chi connectivity index (χ0v) is 9.30. The maximum Gasteiger partial charge on any atom is 2.00 e. The van der Waals surface area contributed by atoms with Crippen molar-refractivity contribution in [3.05, 3.63) is 0 Å². The van der Waals surface area contributed by atoms with Crippen LogP contribution in [0.4, 0.5) is 0 Å². The molecule has 7 N–H and O–H groups in total. The van der Waals surface area contributed by atoms with E-state index in [1.54, 1.807) is 0 Å². The first kappa shape index (κ1) is 18.3. The topological polar surface area (TPSA) is 159 Å². The van der Waals surface area contributed by atoms with Crippen molar-refractivity contribution in [2.45, 2.75) is 0 Å². The third-order valence-electron chi connectivity index (χ3n) is 0. The minimum absolute atomic E-state index is 0. The second-order valence-corrected chi connectivity index (χ2v) is 3.34. The predicted molar refractivity (Wildman–Crippen MR) is 36.9 cm³/mol. The van der Waals surface area contributed by atoms with Gasteiger partial charge in [-0.25, -0.2) is 4.57 Å². The van der Waals surface area contributed by atoms with Crippen molar-refractivity contribution in [2.75, 3.05) is 0 Å². The Kier molecular flexibility index (Phi) is 11.4. The zero-order valence-electron chi connectivity index (χ0n) is 7.19. The minimum Gasteiger partial charge on any atom is -1.00 e. The largest absolute Gasteiger partial charge is 2.00 e. The fourth-order valence-electron chi connectivity index (χ4n) is 0. The van der Waals surface area contributed by atoms with Crippen molar-refractivity contribution in [3.8, 4) is 0 Å². The molecule has 0 amide bonds. The van der Waals surface area contributed by atoms with Gasteiger partial charge in [0.2, 0.25) is 0 Å². The fraction of sp³-hybridized carbons (Fsp3) is 0. The van der Waals surface area contributed by atoms with Crippen molar-refractivity contribution in [2.24, 2.45) is 0 Å². The Morgan fingerprint density at radius 1 is 1.00 bits per heavy atom. The van der Waals surface area contributed by atoms with Crippen LogP contribution in [0.2, 0.25) is 0 Å². The van der Waals surface area contributed by atoms with E-state index in [0.717, 1.165) is 0 Å². The Balaban J connectivity index is -0.0000000267. The fourth-order valence-corrected chi connectivity index (χ4v) is 0. The molecule has 0 aliphatic heterocycles. The summed E-state index contributed by atoms with van der Waals surface area (Å²) in [6.07, 6.45) is 0. The van der Waals surface area contributed by atoms with Gasteiger partial charge in [0.1, 0.15) is 0 Å². The molecule has 0 aromatic carbocycles. The van der Waals surface area contributed by atoms with Gasteiger partial charge in [0.15, 0.2) is 0 Å². The average Bonchev–Trinajstić information content (AvgIpc) is 1.12. The van der Waals surface area contributed by atoms with Gasteiger partial charge in [-0.3, -0.25) is 0 Å². The number of phosphoric acid groups is 1. The molecule has 0 saturated heterocycles. The molecular formula is H9CaO8PSi. The maximum atomic E-state index is 8.88. The van der Waals surface area contributed by atoms with Crippen LogP contribution in [-0.4, -0.2) is 80.6 Å². The summed E-state index contributed by atoms with van der Waals surface area (Å²) in [6, 6.07) is 0. The quantitative estimate of drug-likeness (QED) is 0.167. The van der Waals surface area contributed by atoms with Gasteiger partial charge in [0.05, 0.1) is 0 Å². The van der Waals surface area contributed by atoms with Crippen molar-refractivity contribution < 1.29 is 41.3 Å². The van der Waals surface area contributed by atoms with E-state index >= 15 is 0 Å². The summed E-state index contributed by atoms with van der Waals surface area (Å²) in [5.41, 5.74) is 0. The average molecular weight is 236 g/mol. The van der Waals surface area contributed by atoms with Crippen LogP contribution in [0, 0.1) is 0 Å². The molecule has 8 nitrogen and oxygen atoms in total. The van der Waals surface area contributed by atoms with Gasteiger partial charge >= 0.3 is 54.6 Å². The van der Waals surface area contributed by atoms with Gasteiger partial charge in [-0.15, -0.1) is 0 Å². The van der Waals surface area contributed by atoms with E-state index in [-0.39, 0.29) is 40.6 Å².